The van der Waals surface area contributed by atoms with E-state index in [0.29, 0.717) is 25.4 Å². The molecule has 1 aliphatic rings. The van der Waals surface area contributed by atoms with Crippen LogP contribution in [0.2, 0.25) is 0 Å². The molecule has 21 heavy (non-hydrogen) atoms. The average molecular weight is 315 g/mol. The van der Waals surface area contributed by atoms with Gasteiger partial charge in [0.25, 0.3) is 5.69 Å². The Kier molecular flexibility index (Phi) is 4.45. The molecule has 1 fully saturated rings. The molecular weight excluding hydrogens is 298 g/mol. The molecule has 0 spiro atoms. The normalized spacial score (nSPS) is 19.5. The van der Waals surface area contributed by atoms with Crippen molar-refractivity contribution in [1.82, 2.24) is 4.72 Å². The lowest BCUT2D eigenvalue weighted by Crippen LogP contribution is -2.41. The van der Waals surface area contributed by atoms with Crippen LogP contribution in [0.5, 0.6) is 0 Å². The van der Waals surface area contributed by atoms with Crippen molar-refractivity contribution in [3.8, 4) is 0 Å². The molecular formula is C12H17N3O5S. The molecule has 1 unspecified atom stereocenters. The van der Waals surface area contributed by atoms with Gasteiger partial charge in [-0.05, 0) is 26.1 Å². The number of nitrogens with zero attached hydrogens (tertiary/aromatic N) is 2. The predicted octanol–water partition coefficient (Wildman–Crippen LogP) is 0.728. The van der Waals surface area contributed by atoms with Gasteiger partial charge in [-0.25, -0.2) is 13.1 Å². The lowest BCUT2D eigenvalue weighted by Gasteiger charge is -2.32. The van der Waals surface area contributed by atoms with Gasteiger partial charge >= 0.3 is 0 Å². The zero-order valence-corrected chi connectivity index (χ0v) is 12.6. The molecule has 1 atom stereocenters. The zero-order valence-electron chi connectivity index (χ0n) is 11.8. The number of hydrogen-bond acceptors (Lipinski definition) is 6. The Morgan fingerprint density at radius 3 is 2.76 bits per heavy atom. The topological polar surface area (TPSA) is 102 Å². The quantitative estimate of drug-likeness (QED) is 0.649. The Morgan fingerprint density at radius 2 is 2.19 bits per heavy atom. The largest absolute Gasteiger partial charge is 0.375 e. The lowest BCUT2D eigenvalue weighted by molar-refractivity contribution is -0.384. The number of anilines is 1. The minimum Gasteiger partial charge on any atom is -0.375 e. The summed E-state index contributed by atoms with van der Waals surface area (Å²) in [6.45, 7) is 3.43. The highest BCUT2D eigenvalue weighted by Crippen LogP contribution is 2.31. The number of morpholine rings is 1. The molecule has 1 N–H and O–H groups in total. The van der Waals surface area contributed by atoms with E-state index in [0.717, 1.165) is 6.07 Å². The predicted molar refractivity (Wildman–Crippen MR) is 77.0 cm³/mol. The molecule has 1 aromatic carbocycles. The summed E-state index contributed by atoms with van der Waals surface area (Å²) < 4.78 is 31.0. The summed E-state index contributed by atoms with van der Waals surface area (Å²) in [4.78, 5) is 12.4. The van der Waals surface area contributed by atoms with Crippen LogP contribution in [-0.4, -0.2) is 46.2 Å². The molecule has 8 nitrogen and oxygen atoms in total. The van der Waals surface area contributed by atoms with Crippen molar-refractivity contribution < 1.29 is 18.1 Å². The van der Waals surface area contributed by atoms with Gasteiger partial charge in [0.05, 0.1) is 22.5 Å². The molecule has 0 aliphatic carbocycles. The second-order valence-electron chi connectivity index (χ2n) is 4.74. The highest BCUT2D eigenvalue weighted by Gasteiger charge is 2.26. The summed E-state index contributed by atoms with van der Waals surface area (Å²) in [6.07, 6.45) is -0.0286. The summed E-state index contributed by atoms with van der Waals surface area (Å²) >= 11 is 0. The highest BCUT2D eigenvalue weighted by molar-refractivity contribution is 7.89. The number of ether oxygens (including phenoxy) is 1. The second kappa shape index (κ2) is 5.96. The molecule has 1 aliphatic heterocycles. The van der Waals surface area contributed by atoms with Crippen molar-refractivity contribution in [2.24, 2.45) is 0 Å². The number of hydrogen-bond donors (Lipinski definition) is 1. The SMILES string of the molecule is CNS(=O)(=O)c1ccc(N2CCOC(C)C2)c([N+](=O)[O-])c1. The van der Waals surface area contributed by atoms with Crippen LogP contribution in [0.15, 0.2) is 23.1 Å². The summed E-state index contributed by atoms with van der Waals surface area (Å²) in [6, 6.07) is 3.93. The highest BCUT2D eigenvalue weighted by atomic mass is 32.2. The van der Waals surface area contributed by atoms with Crippen molar-refractivity contribution in [2.75, 3.05) is 31.6 Å². The monoisotopic (exact) mass is 315 g/mol. The van der Waals surface area contributed by atoms with E-state index in [4.69, 9.17) is 4.74 Å². The van der Waals surface area contributed by atoms with Crippen molar-refractivity contribution in [3.63, 3.8) is 0 Å². The van der Waals surface area contributed by atoms with E-state index in [1.807, 2.05) is 11.8 Å². The van der Waals surface area contributed by atoms with Crippen LogP contribution in [0.3, 0.4) is 0 Å². The first-order chi connectivity index (χ1) is 9.85. The van der Waals surface area contributed by atoms with Gasteiger partial charge in [0.1, 0.15) is 5.69 Å². The van der Waals surface area contributed by atoms with Gasteiger partial charge in [0.2, 0.25) is 10.0 Å². The third kappa shape index (κ3) is 3.31. The van der Waals surface area contributed by atoms with Gasteiger partial charge < -0.3 is 9.64 Å². The fraction of sp³-hybridized carbons (Fsp3) is 0.500. The molecule has 0 radical (unpaired) electrons. The molecule has 0 saturated carbocycles. The number of rotatable bonds is 4. The molecule has 0 aromatic heterocycles. The minimum absolute atomic E-state index is 0.0286. The fourth-order valence-corrected chi connectivity index (χ4v) is 2.99. The Labute approximate surface area is 122 Å². The summed E-state index contributed by atoms with van der Waals surface area (Å²) in [7, 11) is -2.45. The molecule has 9 heteroatoms. The summed E-state index contributed by atoms with van der Waals surface area (Å²) in [5.41, 5.74) is 0.186. The molecule has 1 aromatic rings. The number of nitro groups is 1. The van der Waals surface area contributed by atoms with E-state index in [1.54, 1.807) is 0 Å². The standard InChI is InChI=1S/C12H17N3O5S/c1-9-8-14(5-6-20-9)11-4-3-10(21(18,19)13-2)7-12(11)15(16)17/h3-4,7,9,13H,5-6,8H2,1-2H3. The average Bonchev–Trinajstić information content (AvgIpc) is 2.46. The van der Waals surface area contributed by atoms with Crippen molar-refractivity contribution in [2.45, 2.75) is 17.9 Å². The third-order valence-electron chi connectivity index (χ3n) is 3.30. The van der Waals surface area contributed by atoms with Crippen molar-refractivity contribution in [1.29, 1.82) is 0 Å². The van der Waals surface area contributed by atoms with Gasteiger partial charge in [0.15, 0.2) is 0 Å². The molecule has 116 valence electrons. The van der Waals surface area contributed by atoms with E-state index >= 15 is 0 Å². The maximum Gasteiger partial charge on any atom is 0.293 e. The van der Waals surface area contributed by atoms with Crippen LogP contribution in [0.25, 0.3) is 0 Å². The zero-order chi connectivity index (χ0) is 15.6. The third-order valence-corrected chi connectivity index (χ3v) is 4.72. The Morgan fingerprint density at radius 1 is 1.48 bits per heavy atom. The van der Waals surface area contributed by atoms with Crippen LogP contribution in [0.4, 0.5) is 11.4 Å². The molecule has 1 saturated heterocycles. The maximum absolute atomic E-state index is 11.7. The van der Waals surface area contributed by atoms with Gasteiger partial charge in [-0.1, -0.05) is 0 Å². The summed E-state index contributed by atoms with van der Waals surface area (Å²) in [5.74, 6) is 0. The van der Waals surface area contributed by atoms with Gasteiger partial charge in [0, 0.05) is 19.2 Å². The molecule has 2 rings (SSSR count). The van der Waals surface area contributed by atoms with Gasteiger partial charge in [-0.3, -0.25) is 10.1 Å². The number of nitro benzene ring substituents is 1. The van der Waals surface area contributed by atoms with E-state index < -0.39 is 14.9 Å². The first-order valence-corrected chi connectivity index (χ1v) is 7.92. The van der Waals surface area contributed by atoms with Crippen molar-refractivity contribution >= 4 is 21.4 Å². The van der Waals surface area contributed by atoms with Crippen LogP contribution >= 0.6 is 0 Å². The number of benzene rings is 1. The Balaban J connectivity index is 2.45. The lowest BCUT2D eigenvalue weighted by atomic mass is 10.2. The van der Waals surface area contributed by atoms with Gasteiger partial charge in [-0.15, -0.1) is 0 Å². The number of sulfonamides is 1. The van der Waals surface area contributed by atoms with E-state index in [-0.39, 0.29) is 16.7 Å². The van der Waals surface area contributed by atoms with Crippen LogP contribution in [0, 0.1) is 10.1 Å². The molecule has 1 heterocycles. The minimum atomic E-state index is -3.71. The van der Waals surface area contributed by atoms with Crippen LogP contribution in [-0.2, 0) is 14.8 Å². The second-order valence-corrected chi connectivity index (χ2v) is 6.63. The van der Waals surface area contributed by atoms with Gasteiger partial charge in [-0.2, -0.15) is 0 Å². The van der Waals surface area contributed by atoms with Crippen molar-refractivity contribution in [3.05, 3.63) is 28.3 Å². The van der Waals surface area contributed by atoms with Crippen LogP contribution < -0.4 is 9.62 Å². The number of nitrogens with one attached hydrogen (secondary N) is 1. The van der Waals surface area contributed by atoms with Crippen LogP contribution in [0.1, 0.15) is 6.92 Å². The molecule has 0 amide bonds. The molecule has 0 bridgehead atoms. The first kappa shape index (κ1) is 15.7. The van der Waals surface area contributed by atoms with E-state index in [9.17, 15) is 18.5 Å². The Hall–Kier alpha value is -1.71. The van der Waals surface area contributed by atoms with E-state index in [2.05, 4.69) is 4.72 Å². The summed E-state index contributed by atoms with van der Waals surface area (Å²) in [5, 5.41) is 11.2. The first-order valence-electron chi connectivity index (χ1n) is 6.43. The van der Waals surface area contributed by atoms with E-state index in [1.165, 1.54) is 19.2 Å². The Bertz CT molecular complexity index is 646. The maximum atomic E-state index is 11.7. The fourth-order valence-electron chi connectivity index (χ4n) is 2.24. The smallest absolute Gasteiger partial charge is 0.293 e.